The van der Waals surface area contributed by atoms with E-state index in [9.17, 15) is 9.59 Å². The molecular weight excluding hydrogens is 500 g/mol. The maximum atomic E-state index is 13.2. The maximum absolute atomic E-state index is 13.2. The number of carbonyl (C=O) groups is 2. The van der Waals surface area contributed by atoms with Crippen LogP contribution in [0.2, 0.25) is 0 Å². The van der Waals surface area contributed by atoms with Crippen molar-refractivity contribution in [3.8, 4) is 0 Å². The summed E-state index contributed by atoms with van der Waals surface area (Å²) in [6, 6.07) is 0. The van der Waals surface area contributed by atoms with Crippen LogP contribution in [0.1, 0.15) is 92.9 Å². The van der Waals surface area contributed by atoms with Crippen LogP contribution >= 0.6 is 0 Å². The lowest BCUT2D eigenvalue weighted by Gasteiger charge is -2.58. The lowest BCUT2D eigenvalue weighted by atomic mass is 9.46. The number of nitrogens with one attached hydrogen (secondary N) is 1. The third kappa shape index (κ3) is 6.67. The zero-order valence-corrected chi connectivity index (χ0v) is 26.9. The van der Waals surface area contributed by atoms with Crippen LogP contribution in [0.25, 0.3) is 0 Å². The fourth-order valence-corrected chi connectivity index (χ4v) is 8.76. The number of hydrogen-bond donors (Lipinski definition) is 1. The Bertz CT molecular complexity index is 1020. The van der Waals surface area contributed by atoms with E-state index in [4.69, 9.17) is 4.84 Å². The molecule has 7 heteroatoms. The summed E-state index contributed by atoms with van der Waals surface area (Å²) in [5.41, 5.74) is 2.80. The molecule has 1 N–H and O–H groups in total. The molecule has 0 aromatic heterocycles. The number of rotatable bonds is 8. The number of ketones is 1. The number of likely N-dealkylation sites (N-methyl/N-ethyl adjacent to an activating group) is 1. The molecule has 6 atom stereocenters. The summed E-state index contributed by atoms with van der Waals surface area (Å²) >= 11 is 0. The van der Waals surface area contributed by atoms with E-state index in [1.807, 2.05) is 6.08 Å². The zero-order chi connectivity index (χ0) is 29.5. The number of allylic oxidation sites excluding steroid dienone is 1. The van der Waals surface area contributed by atoms with Crippen molar-refractivity contribution in [1.29, 1.82) is 0 Å². The first-order valence-corrected chi connectivity index (χ1v) is 15.8. The summed E-state index contributed by atoms with van der Waals surface area (Å²) < 4.78 is 0.787. The van der Waals surface area contributed by atoms with E-state index in [1.165, 1.54) is 31.3 Å². The Balaban J connectivity index is 1.42. The van der Waals surface area contributed by atoms with Crippen molar-refractivity contribution in [2.75, 3.05) is 47.3 Å². The van der Waals surface area contributed by atoms with Crippen molar-refractivity contribution < 1.29 is 18.9 Å². The Morgan fingerprint density at radius 2 is 1.80 bits per heavy atom. The number of nitrogens with zero attached hydrogens (tertiary/aromatic N) is 3. The van der Waals surface area contributed by atoms with Gasteiger partial charge in [-0.05, 0) is 107 Å². The molecule has 0 aromatic carbocycles. The van der Waals surface area contributed by atoms with Gasteiger partial charge < -0.3 is 9.80 Å². The zero-order valence-electron chi connectivity index (χ0n) is 26.9. The van der Waals surface area contributed by atoms with Crippen molar-refractivity contribution in [3.63, 3.8) is 0 Å². The summed E-state index contributed by atoms with van der Waals surface area (Å²) in [6.45, 7) is 16.2. The third-order valence-electron chi connectivity index (χ3n) is 11.1. The predicted molar refractivity (Wildman–Crippen MR) is 162 cm³/mol. The van der Waals surface area contributed by atoms with Gasteiger partial charge in [0.15, 0.2) is 5.78 Å². The topological polar surface area (TPSA) is 71.0 Å². The maximum Gasteiger partial charge on any atom is 0.436 e. The molecule has 40 heavy (non-hydrogen) atoms. The molecule has 0 aliphatic heterocycles. The smallest absolute Gasteiger partial charge is 0.329 e. The summed E-state index contributed by atoms with van der Waals surface area (Å²) in [4.78, 5) is 32.8. The van der Waals surface area contributed by atoms with Gasteiger partial charge in [0, 0.05) is 31.0 Å². The second kappa shape index (κ2) is 11.5. The monoisotopic (exact) mass is 557 g/mol. The van der Waals surface area contributed by atoms with Crippen LogP contribution in [0.3, 0.4) is 0 Å². The Morgan fingerprint density at radius 3 is 2.48 bits per heavy atom. The molecule has 0 saturated heterocycles. The van der Waals surface area contributed by atoms with Gasteiger partial charge in [-0.25, -0.2) is 4.79 Å². The van der Waals surface area contributed by atoms with Crippen molar-refractivity contribution in [2.24, 2.45) is 39.7 Å². The quantitative estimate of drug-likeness (QED) is 0.171. The molecule has 0 aromatic rings. The molecule has 226 valence electrons. The molecule has 4 rings (SSSR count). The number of oxime groups is 1. The van der Waals surface area contributed by atoms with E-state index in [-0.39, 0.29) is 22.5 Å². The lowest BCUT2D eigenvalue weighted by molar-refractivity contribution is -0.869. The Labute approximate surface area is 243 Å². The summed E-state index contributed by atoms with van der Waals surface area (Å²) in [5, 5.41) is 7.99. The van der Waals surface area contributed by atoms with Gasteiger partial charge in [-0.1, -0.05) is 24.6 Å². The van der Waals surface area contributed by atoms with Crippen molar-refractivity contribution in [2.45, 2.75) is 98.4 Å². The second-order valence-electron chi connectivity index (χ2n) is 15.9. The highest BCUT2D eigenvalue weighted by molar-refractivity contribution is 5.91. The molecule has 3 fully saturated rings. The average molecular weight is 558 g/mol. The summed E-state index contributed by atoms with van der Waals surface area (Å²) in [6.07, 6.45) is 10.4. The van der Waals surface area contributed by atoms with Gasteiger partial charge in [-0.3, -0.25) is 14.5 Å². The molecule has 3 saturated carbocycles. The van der Waals surface area contributed by atoms with Gasteiger partial charge in [0.2, 0.25) is 0 Å². The minimum Gasteiger partial charge on any atom is -0.329 e. The van der Waals surface area contributed by atoms with E-state index in [0.29, 0.717) is 49.6 Å². The predicted octanol–water partition coefficient (Wildman–Crippen LogP) is 6.04. The van der Waals surface area contributed by atoms with Crippen LogP contribution in [0.15, 0.2) is 16.8 Å². The molecule has 0 heterocycles. The van der Waals surface area contributed by atoms with E-state index in [2.05, 4.69) is 73.2 Å². The number of amides is 1. The van der Waals surface area contributed by atoms with E-state index in [1.54, 1.807) is 4.90 Å². The number of quaternary nitrogens is 1. The van der Waals surface area contributed by atoms with Gasteiger partial charge >= 0.3 is 6.09 Å². The highest BCUT2D eigenvalue weighted by atomic mass is 16.7. The molecule has 7 nitrogen and oxygen atoms in total. The van der Waals surface area contributed by atoms with Crippen LogP contribution in [0.5, 0.6) is 0 Å². The molecule has 1 amide bonds. The Hall–Kier alpha value is -1.73. The van der Waals surface area contributed by atoms with Gasteiger partial charge in [-0.15, -0.1) is 0 Å². The van der Waals surface area contributed by atoms with Gasteiger partial charge in [-0.2, -0.15) is 0 Å². The SMILES string of the molecule is C/C(=N\OC(=O)N(CCNC(C)(C)C)CC[N+](C)(C)C)[C@H]1CC[C@H]2[C@@H]3CCC4=CC(=O)CC[C@]4(C)[C@H]3CC[C@]12C. The first-order valence-electron chi connectivity index (χ1n) is 15.8. The standard InChI is InChI=1S/C33H57N4O3/c1-23(35-40-30(39)36(20-21-37(7,8)9)19-18-34-31(2,3)4)27-12-13-28-26-11-10-24-22-25(38)14-16-32(24,5)29(26)15-17-33(27,28)6/h22,26-29,34H,10-21H2,1-9H3/q+1/b35-23+/t26-,27+,28-,29-,32-,33+/m0/s1. The van der Waals surface area contributed by atoms with Crippen LogP contribution in [0.4, 0.5) is 4.79 Å². The van der Waals surface area contributed by atoms with E-state index in [0.717, 1.165) is 41.9 Å². The minimum atomic E-state index is -0.349. The summed E-state index contributed by atoms with van der Waals surface area (Å²) in [5.74, 6) is 2.76. The van der Waals surface area contributed by atoms with Crippen LogP contribution in [0, 0.1) is 34.5 Å². The van der Waals surface area contributed by atoms with Crippen molar-refractivity contribution >= 4 is 17.6 Å². The molecule has 4 aliphatic rings. The molecular formula is C33H57N4O3+. The van der Waals surface area contributed by atoms with Crippen molar-refractivity contribution in [3.05, 3.63) is 11.6 Å². The van der Waals surface area contributed by atoms with Crippen LogP contribution in [-0.2, 0) is 9.63 Å². The summed E-state index contributed by atoms with van der Waals surface area (Å²) in [7, 11) is 6.42. The Kier molecular flexibility index (Phi) is 8.98. The normalized spacial score (nSPS) is 34.5. The average Bonchev–Trinajstić information content (AvgIpc) is 3.21. The number of carbonyl (C=O) groups excluding carboxylic acids is 2. The first-order chi connectivity index (χ1) is 18.5. The van der Waals surface area contributed by atoms with Crippen LogP contribution in [-0.4, -0.2) is 79.8 Å². The second-order valence-corrected chi connectivity index (χ2v) is 15.9. The van der Waals surface area contributed by atoms with Gasteiger partial charge in [0.25, 0.3) is 0 Å². The first kappa shape index (κ1) is 31.2. The molecule has 0 spiro atoms. The number of hydrogen-bond acceptors (Lipinski definition) is 5. The molecule has 0 bridgehead atoms. The third-order valence-corrected chi connectivity index (χ3v) is 11.1. The number of fused-ring (bicyclic) bond motifs is 5. The molecule has 0 unspecified atom stereocenters. The van der Waals surface area contributed by atoms with Gasteiger partial charge in [0.05, 0.1) is 39.9 Å². The van der Waals surface area contributed by atoms with E-state index >= 15 is 0 Å². The highest BCUT2D eigenvalue weighted by Gasteiger charge is 2.59. The largest absolute Gasteiger partial charge is 0.436 e. The lowest BCUT2D eigenvalue weighted by Crippen LogP contribution is -2.51. The fourth-order valence-electron chi connectivity index (χ4n) is 8.76. The fraction of sp³-hybridized carbons (Fsp3) is 0.848. The van der Waals surface area contributed by atoms with Crippen molar-refractivity contribution in [1.82, 2.24) is 10.2 Å². The molecule has 0 radical (unpaired) electrons. The van der Waals surface area contributed by atoms with E-state index < -0.39 is 0 Å². The van der Waals surface area contributed by atoms with Gasteiger partial charge in [0.1, 0.15) is 0 Å². The van der Waals surface area contributed by atoms with Crippen LogP contribution < -0.4 is 5.32 Å². The molecule has 4 aliphatic carbocycles. The highest BCUT2D eigenvalue weighted by Crippen LogP contribution is 2.66. The minimum absolute atomic E-state index is 0.000111. The Morgan fingerprint density at radius 1 is 1.07 bits per heavy atom.